The zero-order valence-corrected chi connectivity index (χ0v) is 13.3. The van der Waals surface area contributed by atoms with Crippen LogP contribution in [0.1, 0.15) is 17.8 Å². The molecule has 114 valence electrons. The predicted octanol–water partition coefficient (Wildman–Crippen LogP) is 2.50. The normalized spacial score (nSPS) is 12.2. The summed E-state index contributed by atoms with van der Waals surface area (Å²) in [6, 6.07) is 7.46. The minimum Gasteiger partial charge on any atom is -0.347 e. The van der Waals surface area contributed by atoms with Crippen molar-refractivity contribution in [2.45, 2.75) is 19.5 Å². The van der Waals surface area contributed by atoms with Gasteiger partial charge < -0.3 is 5.32 Å². The SMILES string of the molecule is CC(NC(=O)Cn1c(-c2cccs2)noc1=O)c1cccs1. The topological polar surface area (TPSA) is 77.1 Å². The molecule has 3 aromatic rings. The van der Waals surface area contributed by atoms with Crippen LogP contribution in [0, 0.1) is 0 Å². The van der Waals surface area contributed by atoms with Crippen LogP contribution in [0.5, 0.6) is 0 Å². The molecule has 1 N–H and O–H groups in total. The number of aromatic nitrogens is 2. The molecule has 0 saturated heterocycles. The van der Waals surface area contributed by atoms with Crippen molar-refractivity contribution >= 4 is 28.6 Å². The Labute approximate surface area is 134 Å². The number of carbonyl (C=O) groups is 1. The Morgan fingerprint density at radius 1 is 1.36 bits per heavy atom. The van der Waals surface area contributed by atoms with E-state index in [2.05, 4.69) is 15.0 Å². The van der Waals surface area contributed by atoms with Crippen molar-refractivity contribution in [2.75, 3.05) is 0 Å². The molecule has 1 unspecified atom stereocenters. The van der Waals surface area contributed by atoms with Gasteiger partial charge in [0.1, 0.15) is 6.54 Å². The van der Waals surface area contributed by atoms with Gasteiger partial charge in [-0.1, -0.05) is 17.3 Å². The molecule has 0 fully saturated rings. The first-order valence-corrected chi connectivity index (χ1v) is 8.34. The van der Waals surface area contributed by atoms with Crippen molar-refractivity contribution in [3.63, 3.8) is 0 Å². The standard InChI is InChI=1S/C14H13N3O3S2/c1-9(10-4-2-6-21-10)15-12(18)8-17-13(16-20-14(17)19)11-5-3-7-22-11/h2-7,9H,8H2,1H3,(H,15,18). The number of nitrogens with zero attached hydrogens (tertiary/aromatic N) is 2. The number of amides is 1. The van der Waals surface area contributed by atoms with Gasteiger partial charge in [-0.15, -0.1) is 22.7 Å². The third kappa shape index (κ3) is 3.02. The van der Waals surface area contributed by atoms with Crippen LogP contribution in [-0.4, -0.2) is 15.6 Å². The second-order valence-corrected chi connectivity index (χ2v) is 6.57. The van der Waals surface area contributed by atoms with E-state index in [9.17, 15) is 9.59 Å². The molecule has 0 radical (unpaired) electrons. The molecule has 0 saturated carbocycles. The first kappa shape index (κ1) is 14.7. The molecule has 22 heavy (non-hydrogen) atoms. The second kappa shape index (κ2) is 6.29. The van der Waals surface area contributed by atoms with E-state index in [0.717, 1.165) is 9.75 Å². The lowest BCUT2D eigenvalue weighted by Crippen LogP contribution is -2.32. The summed E-state index contributed by atoms with van der Waals surface area (Å²) in [5.41, 5.74) is 0. The highest BCUT2D eigenvalue weighted by Gasteiger charge is 2.18. The third-order valence-electron chi connectivity index (χ3n) is 3.08. The van der Waals surface area contributed by atoms with E-state index < -0.39 is 5.76 Å². The quantitative estimate of drug-likeness (QED) is 0.777. The van der Waals surface area contributed by atoms with Crippen LogP contribution in [-0.2, 0) is 11.3 Å². The molecule has 1 atom stereocenters. The number of hydrogen-bond donors (Lipinski definition) is 1. The van der Waals surface area contributed by atoms with E-state index in [-0.39, 0.29) is 18.5 Å². The van der Waals surface area contributed by atoms with E-state index in [1.54, 1.807) is 11.3 Å². The highest BCUT2D eigenvalue weighted by atomic mass is 32.1. The van der Waals surface area contributed by atoms with Crippen LogP contribution in [0.25, 0.3) is 10.7 Å². The van der Waals surface area contributed by atoms with Crippen molar-refractivity contribution in [3.05, 3.63) is 50.5 Å². The van der Waals surface area contributed by atoms with Gasteiger partial charge in [0, 0.05) is 4.88 Å². The molecule has 1 amide bonds. The van der Waals surface area contributed by atoms with Gasteiger partial charge in [0.2, 0.25) is 5.91 Å². The summed E-state index contributed by atoms with van der Waals surface area (Å²) in [4.78, 5) is 25.7. The monoisotopic (exact) mass is 335 g/mol. The number of thiophene rings is 2. The van der Waals surface area contributed by atoms with E-state index in [1.807, 2.05) is 41.9 Å². The lowest BCUT2D eigenvalue weighted by molar-refractivity contribution is -0.122. The van der Waals surface area contributed by atoms with E-state index >= 15 is 0 Å². The van der Waals surface area contributed by atoms with Crippen molar-refractivity contribution < 1.29 is 9.32 Å². The van der Waals surface area contributed by atoms with Crippen LogP contribution in [0.15, 0.2) is 44.3 Å². The van der Waals surface area contributed by atoms with Crippen molar-refractivity contribution in [3.8, 4) is 10.7 Å². The van der Waals surface area contributed by atoms with Crippen molar-refractivity contribution in [1.82, 2.24) is 15.0 Å². The van der Waals surface area contributed by atoms with E-state index in [1.165, 1.54) is 15.9 Å². The lowest BCUT2D eigenvalue weighted by atomic mass is 10.3. The van der Waals surface area contributed by atoms with Gasteiger partial charge in [0.05, 0.1) is 10.9 Å². The summed E-state index contributed by atoms with van der Waals surface area (Å²) in [6.07, 6.45) is 0. The molecular formula is C14H13N3O3S2. The van der Waals surface area contributed by atoms with Gasteiger partial charge in [-0.2, -0.15) is 0 Å². The molecule has 3 rings (SSSR count). The van der Waals surface area contributed by atoms with Crippen molar-refractivity contribution in [2.24, 2.45) is 0 Å². The Bertz CT molecular complexity index is 803. The third-order valence-corrected chi connectivity index (χ3v) is 5.00. The Morgan fingerprint density at radius 2 is 2.14 bits per heavy atom. The summed E-state index contributed by atoms with van der Waals surface area (Å²) >= 11 is 3.00. The van der Waals surface area contributed by atoms with Crippen molar-refractivity contribution in [1.29, 1.82) is 0 Å². The predicted molar refractivity (Wildman–Crippen MR) is 85.0 cm³/mol. The maximum atomic E-state index is 12.2. The Kier molecular flexibility index (Phi) is 4.21. The fourth-order valence-corrected chi connectivity index (χ4v) is 3.48. The summed E-state index contributed by atoms with van der Waals surface area (Å²) in [5.74, 6) is -0.523. The molecular weight excluding hydrogens is 322 g/mol. The number of nitrogens with one attached hydrogen (secondary N) is 1. The summed E-state index contributed by atoms with van der Waals surface area (Å²) in [6.45, 7) is 1.78. The molecule has 3 aromatic heterocycles. The Morgan fingerprint density at radius 3 is 2.82 bits per heavy atom. The summed E-state index contributed by atoms with van der Waals surface area (Å²) in [7, 11) is 0. The summed E-state index contributed by atoms with van der Waals surface area (Å²) < 4.78 is 5.92. The van der Waals surface area contributed by atoms with Gasteiger partial charge >= 0.3 is 5.76 Å². The smallest absolute Gasteiger partial charge is 0.347 e. The second-order valence-electron chi connectivity index (χ2n) is 4.64. The molecule has 0 spiro atoms. The average molecular weight is 335 g/mol. The van der Waals surface area contributed by atoms with E-state index in [0.29, 0.717) is 5.82 Å². The number of hydrogen-bond acceptors (Lipinski definition) is 6. The lowest BCUT2D eigenvalue weighted by Gasteiger charge is -2.12. The maximum absolute atomic E-state index is 12.2. The molecule has 0 aliphatic carbocycles. The Hall–Kier alpha value is -2.19. The molecule has 3 heterocycles. The minimum atomic E-state index is -0.637. The number of rotatable bonds is 5. The largest absolute Gasteiger partial charge is 0.442 e. The van der Waals surface area contributed by atoms with Gasteiger partial charge in [0.25, 0.3) is 0 Å². The fraction of sp³-hybridized carbons (Fsp3) is 0.214. The molecule has 0 aliphatic heterocycles. The highest BCUT2D eigenvalue weighted by molar-refractivity contribution is 7.13. The van der Waals surface area contributed by atoms with Crippen LogP contribution in [0.4, 0.5) is 0 Å². The average Bonchev–Trinajstić information content (AvgIpc) is 3.21. The molecule has 0 aliphatic rings. The fourth-order valence-electron chi connectivity index (χ4n) is 2.03. The first-order chi connectivity index (χ1) is 10.6. The Balaban J connectivity index is 1.75. The minimum absolute atomic E-state index is 0.103. The van der Waals surface area contributed by atoms with E-state index in [4.69, 9.17) is 0 Å². The summed E-state index contributed by atoms with van der Waals surface area (Å²) in [5, 5.41) is 10.4. The van der Waals surface area contributed by atoms with Gasteiger partial charge in [-0.3, -0.25) is 9.32 Å². The first-order valence-electron chi connectivity index (χ1n) is 6.58. The molecule has 8 heteroatoms. The molecule has 6 nitrogen and oxygen atoms in total. The zero-order chi connectivity index (χ0) is 15.5. The van der Waals surface area contributed by atoms with Crippen LogP contribution in [0.3, 0.4) is 0 Å². The highest BCUT2D eigenvalue weighted by Crippen LogP contribution is 2.22. The van der Waals surface area contributed by atoms with Crippen LogP contribution < -0.4 is 11.1 Å². The van der Waals surface area contributed by atoms with Crippen LogP contribution >= 0.6 is 22.7 Å². The number of carbonyl (C=O) groups excluding carboxylic acids is 1. The van der Waals surface area contributed by atoms with Gasteiger partial charge in [-0.25, -0.2) is 9.36 Å². The van der Waals surface area contributed by atoms with Gasteiger partial charge in [0.15, 0.2) is 5.82 Å². The van der Waals surface area contributed by atoms with Crippen LogP contribution in [0.2, 0.25) is 0 Å². The maximum Gasteiger partial charge on any atom is 0.442 e. The molecule has 0 bridgehead atoms. The zero-order valence-electron chi connectivity index (χ0n) is 11.7. The molecule has 0 aromatic carbocycles. The van der Waals surface area contributed by atoms with Gasteiger partial charge in [-0.05, 0) is 29.8 Å².